The lowest BCUT2D eigenvalue weighted by molar-refractivity contribution is 0.327. The zero-order valence-corrected chi connectivity index (χ0v) is 10.3. The number of nitrogens with two attached hydrogens (primary N) is 1. The molecular weight excluding hydrogens is 196 g/mol. The Labute approximate surface area is 98.4 Å². The van der Waals surface area contributed by atoms with Gasteiger partial charge in [0.2, 0.25) is 0 Å². The van der Waals surface area contributed by atoms with E-state index in [1.165, 1.54) is 11.1 Å². The fourth-order valence-corrected chi connectivity index (χ4v) is 2.27. The molecule has 0 aliphatic carbocycles. The van der Waals surface area contributed by atoms with E-state index in [0.29, 0.717) is 12.0 Å². The van der Waals surface area contributed by atoms with E-state index in [2.05, 4.69) is 43.0 Å². The van der Waals surface area contributed by atoms with E-state index in [-0.39, 0.29) is 0 Å². The number of likely N-dealkylation sites (tertiary alicyclic amines) is 1. The van der Waals surface area contributed by atoms with Crippen LogP contribution >= 0.6 is 0 Å². The van der Waals surface area contributed by atoms with Crippen LogP contribution in [0.4, 0.5) is 0 Å². The lowest BCUT2D eigenvalue weighted by Crippen LogP contribution is -2.26. The Morgan fingerprint density at radius 2 is 2.00 bits per heavy atom. The molecule has 2 heteroatoms. The summed E-state index contributed by atoms with van der Waals surface area (Å²) < 4.78 is 0. The van der Waals surface area contributed by atoms with Crippen LogP contribution in [0.2, 0.25) is 0 Å². The quantitative estimate of drug-likeness (QED) is 0.844. The number of benzene rings is 1. The first-order chi connectivity index (χ1) is 7.65. The molecule has 2 nitrogen and oxygen atoms in total. The first-order valence-corrected chi connectivity index (χ1v) is 6.22. The van der Waals surface area contributed by atoms with Crippen LogP contribution in [0, 0.1) is 0 Å². The van der Waals surface area contributed by atoms with Crippen LogP contribution in [0.3, 0.4) is 0 Å². The standard InChI is InChI=1S/C14H22N2/c1-11(2)13-5-3-12(4-6-13)9-16-8-7-14(15)10-16/h3-6,11,14H,7-10,15H2,1-2H3/t14-/m1/s1. The zero-order chi connectivity index (χ0) is 11.5. The lowest BCUT2D eigenvalue weighted by atomic mass is 10.0. The topological polar surface area (TPSA) is 29.3 Å². The van der Waals surface area contributed by atoms with Gasteiger partial charge < -0.3 is 5.73 Å². The minimum absolute atomic E-state index is 0.384. The van der Waals surface area contributed by atoms with Crippen molar-refractivity contribution >= 4 is 0 Å². The first-order valence-electron chi connectivity index (χ1n) is 6.22. The Morgan fingerprint density at radius 1 is 1.31 bits per heavy atom. The van der Waals surface area contributed by atoms with E-state index < -0.39 is 0 Å². The Bertz CT molecular complexity index is 329. The van der Waals surface area contributed by atoms with Crippen LogP contribution in [0.25, 0.3) is 0 Å². The van der Waals surface area contributed by atoms with Gasteiger partial charge in [-0.05, 0) is 23.5 Å². The van der Waals surface area contributed by atoms with Crippen LogP contribution < -0.4 is 5.73 Å². The van der Waals surface area contributed by atoms with Gasteiger partial charge in [0, 0.05) is 25.7 Å². The molecule has 1 atom stereocenters. The number of hydrogen-bond donors (Lipinski definition) is 1. The van der Waals surface area contributed by atoms with Gasteiger partial charge in [0.1, 0.15) is 0 Å². The van der Waals surface area contributed by atoms with Crippen LogP contribution in [-0.2, 0) is 6.54 Å². The van der Waals surface area contributed by atoms with E-state index in [9.17, 15) is 0 Å². The predicted molar refractivity (Wildman–Crippen MR) is 68.4 cm³/mol. The summed E-state index contributed by atoms with van der Waals surface area (Å²) in [6.07, 6.45) is 1.14. The van der Waals surface area contributed by atoms with Crippen molar-refractivity contribution in [3.63, 3.8) is 0 Å². The SMILES string of the molecule is CC(C)c1ccc(CN2CC[C@@H](N)C2)cc1. The Morgan fingerprint density at radius 3 is 2.50 bits per heavy atom. The second-order valence-electron chi connectivity index (χ2n) is 5.18. The Hall–Kier alpha value is -0.860. The van der Waals surface area contributed by atoms with Crippen LogP contribution in [0.5, 0.6) is 0 Å². The monoisotopic (exact) mass is 218 g/mol. The molecular formula is C14H22N2. The molecule has 0 bridgehead atoms. The molecule has 0 spiro atoms. The Balaban J connectivity index is 1.95. The minimum Gasteiger partial charge on any atom is -0.326 e. The number of rotatable bonds is 3. The Kier molecular flexibility index (Phi) is 3.62. The maximum absolute atomic E-state index is 5.90. The maximum atomic E-state index is 5.90. The van der Waals surface area contributed by atoms with Crippen molar-refractivity contribution in [3.8, 4) is 0 Å². The molecule has 0 unspecified atom stereocenters. The summed E-state index contributed by atoms with van der Waals surface area (Å²) in [5.74, 6) is 0.620. The fourth-order valence-electron chi connectivity index (χ4n) is 2.27. The van der Waals surface area contributed by atoms with Gasteiger partial charge in [-0.3, -0.25) is 4.90 Å². The first kappa shape index (κ1) is 11.6. The van der Waals surface area contributed by atoms with E-state index in [1.54, 1.807) is 0 Å². The second-order valence-corrected chi connectivity index (χ2v) is 5.18. The van der Waals surface area contributed by atoms with Crippen molar-refractivity contribution < 1.29 is 0 Å². The highest BCUT2D eigenvalue weighted by atomic mass is 15.2. The number of hydrogen-bond acceptors (Lipinski definition) is 2. The third-order valence-electron chi connectivity index (χ3n) is 3.36. The summed E-state index contributed by atoms with van der Waals surface area (Å²) in [6.45, 7) is 7.70. The molecule has 0 saturated carbocycles. The lowest BCUT2D eigenvalue weighted by Gasteiger charge is -2.15. The van der Waals surface area contributed by atoms with E-state index >= 15 is 0 Å². The van der Waals surface area contributed by atoms with Gasteiger partial charge in [-0.15, -0.1) is 0 Å². The van der Waals surface area contributed by atoms with Crippen LogP contribution in [-0.4, -0.2) is 24.0 Å². The summed E-state index contributed by atoms with van der Waals surface area (Å²) in [5, 5.41) is 0. The fraction of sp³-hybridized carbons (Fsp3) is 0.571. The third-order valence-corrected chi connectivity index (χ3v) is 3.36. The normalized spacial score (nSPS) is 21.9. The molecule has 16 heavy (non-hydrogen) atoms. The molecule has 0 amide bonds. The molecule has 1 aliphatic rings. The van der Waals surface area contributed by atoms with Crippen molar-refractivity contribution in [2.45, 2.75) is 38.8 Å². The van der Waals surface area contributed by atoms with Gasteiger partial charge in [-0.1, -0.05) is 38.1 Å². The van der Waals surface area contributed by atoms with Gasteiger partial charge in [0.25, 0.3) is 0 Å². The highest BCUT2D eigenvalue weighted by Crippen LogP contribution is 2.17. The average Bonchev–Trinajstić information content (AvgIpc) is 2.65. The molecule has 1 heterocycles. The van der Waals surface area contributed by atoms with Gasteiger partial charge in [0.15, 0.2) is 0 Å². The van der Waals surface area contributed by atoms with E-state index in [4.69, 9.17) is 5.73 Å². The van der Waals surface area contributed by atoms with Crippen LogP contribution in [0.15, 0.2) is 24.3 Å². The van der Waals surface area contributed by atoms with E-state index in [1.807, 2.05) is 0 Å². The summed E-state index contributed by atoms with van der Waals surface area (Å²) in [7, 11) is 0. The summed E-state index contributed by atoms with van der Waals surface area (Å²) in [5.41, 5.74) is 8.72. The predicted octanol–water partition coefficient (Wildman–Crippen LogP) is 2.34. The highest BCUT2D eigenvalue weighted by Gasteiger charge is 2.18. The summed E-state index contributed by atoms with van der Waals surface area (Å²) in [6, 6.07) is 9.37. The largest absolute Gasteiger partial charge is 0.326 e. The molecule has 2 N–H and O–H groups in total. The molecule has 1 aromatic rings. The van der Waals surface area contributed by atoms with Crippen molar-refractivity contribution in [1.82, 2.24) is 4.90 Å². The van der Waals surface area contributed by atoms with Gasteiger partial charge >= 0.3 is 0 Å². The average molecular weight is 218 g/mol. The molecule has 2 rings (SSSR count). The molecule has 1 saturated heterocycles. The minimum atomic E-state index is 0.384. The zero-order valence-electron chi connectivity index (χ0n) is 10.3. The van der Waals surface area contributed by atoms with Crippen molar-refractivity contribution in [3.05, 3.63) is 35.4 Å². The number of nitrogens with zero attached hydrogens (tertiary/aromatic N) is 1. The summed E-state index contributed by atoms with van der Waals surface area (Å²) >= 11 is 0. The van der Waals surface area contributed by atoms with Gasteiger partial charge in [0.05, 0.1) is 0 Å². The van der Waals surface area contributed by atoms with Crippen molar-refractivity contribution in [1.29, 1.82) is 0 Å². The molecule has 0 aromatic heterocycles. The second kappa shape index (κ2) is 4.98. The summed E-state index contributed by atoms with van der Waals surface area (Å²) in [4.78, 5) is 2.44. The van der Waals surface area contributed by atoms with Gasteiger partial charge in [-0.2, -0.15) is 0 Å². The van der Waals surface area contributed by atoms with Crippen LogP contribution in [0.1, 0.15) is 37.3 Å². The molecule has 0 radical (unpaired) electrons. The molecule has 1 aromatic carbocycles. The van der Waals surface area contributed by atoms with Crippen molar-refractivity contribution in [2.75, 3.05) is 13.1 Å². The third kappa shape index (κ3) is 2.83. The molecule has 88 valence electrons. The smallest absolute Gasteiger partial charge is 0.0234 e. The highest BCUT2D eigenvalue weighted by molar-refractivity contribution is 5.24. The molecule has 1 aliphatic heterocycles. The van der Waals surface area contributed by atoms with Crippen molar-refractivity contribution in [2.24, 2.45) is 5.73 Å². The van der Waals surface area contributed by atoms with Gasteiger partial charge in [-0.25, -0.2) is 0 Å². The molecule has 1 fully saturated rings. The van der Waals surface area contributed by atoms with E-state index in [0.717, 1.165) is 26.1 Å². The maximum Gasteiger partial charge on any atom is 0.0234 e.